The number of hydrogen-bond donors (Lipinski definition) is 0. The summed E-state index contributed by atoms with van der Waals surface area (Å²) in [5.74, 6) is -0.0593. The van der Waals surface area contributed by atoms with Gasteiger partial charge in [0.25, 0.3) is 0 Å². The number of rotatable bonds is 9. The van der Waals surface area contributed by atoms with E-state index < -0.39 is 0 Å². The number of unbranched alkanes of at least 4 members (excludes halogenated alkanes) is 2. The molecule has 0 spiro atoms. The Balaban J connectivity index is 2.63. The molecule has 0 aliphatic heterocycles. The van der Waals surface area contributed by atoms with Crippen molar-refractivity contribution in [3.05, 3.63) is 41.7 Å². The van der Waals surface area contributed by atoms with Gasteiger partial charge in [0.05, 0.1) is 0 Å². The maximum atomic E-state index is 12.8. The fourth-order valence-electron chi connectivity index (χ4n) is 2.29. The van der Waals surface area contributed by atoms with Crippen LogP contribution in [0.2, 0.25) is 0 Å². The zero-order valence-electron chi connectivity index (χ0n) is 13.3. The molecule has 0 aromatic heterocycles. The van der Waals surface area contributed by atoms with E-state index in [-0.39, 0.29) is 17.5 Å². The van der Waals surface area contributed by atoms with Crippen LogP contribution in [-0.2, 0) is 4.79 Å². The lowest BCUT2D eigenvalue weighted by Gasteiger charge is -2.18. The lowest BCUT2D eigenvalue weighted by atomic mass is 9.95. The van der Waals surface area contributed by atoms with E-state index in [9.17, 15) is 9.18 Å². The average molecular weight is 291 g/mol. The van der Waals surface area contributed by atoms with Gasteiger partial charge in [-0.3, -0.25) is 4.79 Å². The van der Waals surface area contributed by atoms with Crippen molar-refractivity contribution in [3.63, 3.8) is 0 Å². The highest BCUT2D eigenvalue weighted by molar-refractivity contribution is 5.95. The summed E-state index contributed by atoms with van der Waals surface area (Å²) in [6.45, 7) is 2.94. The molecular weight excluding hydrogens is 265 g/mol. The van der Waals surface area contributed by atoms with Crippen LogP contribution in [0.25, 0.3) is 6.08 Å². The van der Waals surface area contributed by atoms with Crippen molar-refractivity contribution in [1.82, 2.24) is 4.90 Å². The van der Waals surface area contributed by atoms with E-state index in [4.69, 9.17) is 0 Å². The maximum absolute atomic E-state index is 12.8. The first-order valence-corrected chi connectivity index (χ1v) is 7.65. The van der Waals surface area contributed by atoms with Crippen molar-refractivity contribution in [2.75, 3.05) is 20.6 Å². The molecule has 1 rings (SSSR count). The predicted molar refractivity (Wildman–Crippen MR) is 86.6 cm³/mol. The smallest absolute Gasteiger partial charge is 0.160 e. The summed E-state index contributed by atoms with van der Waals surface area (Å²) < 4.78 is 12.8. The Hall–Kier alpha value is -1.48. The number of benzene rings is 1. The lowest BCUT2D eigenvalue weighted by Crippen LogP contribution is -2.27. The zero-order chi connectivity index (χ0) is 15.7. The van der Waals surface area contributed by atoms with E-state index in [0.717, 1.165) is 31.4 Å². The van der Waals surface area contributed by atoms with Crippen molar-refractivity contribution in [1.29, 1.82) is 0 Å². The van der Waals surface area contributed by atoms with Crippen LogP contribution in [-0.4, -0.2) is 31.3 Å². The number of halogens is 1. The molecular formula is C18H26FNO. The van der Waals surface area contributed by atoms with Gasteiger partial charge >= 0.3 is 0 Å². The molecule has 0 saturated carbocycles. The fraction of sp³-hybridized carbons (Fsp3) is 0.500. The van der Waals surface area contributed by atoms with E-state index in [2.05, 4.69) is 11.8 Å². The third-order valence-corrected chi connectivity index (χ3v) is 3.45. The number of ketones is 1. The van der Waals surface area contributed by atoms with Crippen LogP contribution in [0.15, 0.2) is 30.3 Å². The molecule has 0 aliphatic carbocycles. The van der Waals surface area contributed by atoms with Crippen LogP contribution >= 0.6 is 0 Å². The van der Waals surface area contributed by atoms with Crippen LogP contribution in [0.4, 0.5) is 4.39 Å². The Morgan fingerprint density at radius 3 is 2.48 bits per heavy atom. The topological polar surface area (TPSA) is 20.3 Å². The molecule has 0 fully saturated rings. The van der Waals surface area contributed by atoms with Gasteiger partial charge in [-0.25, -0.2) is 4.39 Å². The molecule has 1 aromatic carbocycles. The molecule has 3 heteroatoms. The van der Waals surface area contributed by atoms with Crippen molar-refractivity contribution in [3.8, 4) is 0 Å². The van der Waals surface area contributed by atoms with Crippen LogP contribution in [0.3, 0.4) is 0 Å². The lowest BCUT2D eigenvalue weighted by molar-refractivity contribution is -0.118. The second-order valence-corrected chi connectivity index (χ2v) is 5.74. The van der Waals surface area contributed by atoms with Gasteiger partial charge in [-0.05, 0) is 44.3 Å². The van der Waals surface area contributed by atoms with Crippen molar-refractivity contribution < 1.29 is 9.18 Å². The quantitative estimate of drug-likeness (QED) is 0.503. The van der Waals surface area contributed by atoms with Gasteiger partial charge in [0.1, 0.15) is 5.82 Å². The zero-order valence-corrected chi connectivity index (χ0v) is 13.3. The highest BCUT2D eigenvalue weighted by Crippen LogP contribution is 2.14. The molecule has 0 saturated heterocycles. The van der Waals surface area contributed by atoms with Crippen molar-refractivity contribution in [2.45, 2.75) is 32.6 Å². The first kappa shape index (κ1) is 17.6. The van der Waals surface area contributed by atoms with Gasteiger partial charge in [0, 0.05) is 12.5 Å². The van der Waals surface area contributed by atoms with Crippen molar-refractivity contribution in [2.24, 2.45) is 5.92 Å². The molecule has 0 N–H and O–H groups in total. The first-order chi connectivity index (χ1) is 10.0. The van der Waals surface area contributed by atoms with Crippen LogP contribution < -0.4 is 0 Å². The summed E-state index contributed by atoms with van der Waals surface area (Å²) in [5, 5.41) is 0. The molecule has 0 aliphatic rings. The number of allylic oxidation sites excluding steroid dienone is 1. The Morgan fingerprint density at radius 2 is 1.90 bits per heavy atom. The third kappa shape index (κ3) is 7.19. The number of carbonyl (C=O) groups is 1. The largest absolute Gasteiger partial charge is 0.309 e. The molecule has 0 bridgehead atoms. The predicted octanol–water partition coefficient (Wildman–Crippen LogP) is 4.17. The monoisotopic (exact) mass is 291 g/mol. The average Bonchev–Trinajstić information content (AvgIpc) is 2.45. The van der Waals surface area contributed by atoms with Crippen LogP contribution in [0.5, 0.6) is 0 Å². The Labute approximate surface area is 127 Å². The minimum atomic E-state index is -0.261. The molecule has 1 unspecified atom stereocenters. The maximum Gasteiger partial charge on any atom is 0.160 e. The summed E-state index contributed by atoms with van der Waals surface area (Å²) >= 11 is 0. The minimum Gasteiger partial charge on any atom is -0.309 e. The summed E-state index contributed by atoms with van der Waals surface area (Å²) in [5.41, 5.74) is 0.849. The Kier molecular flexibility index (Phi) is 7.91. The molecule has 0 amide bonds. The molecule has 1 aromatic rings. The highest BCUT2D eigenvalue weighted by Gasteiger charge is 2.16. The summed E-state index contributed by atoms with van der Waals surface area (Å²) in [7, 11) is 3.98. The second-order valence-electron chi connectivity index (χ2n) is 5.74. The Bertz CT molecular complexity index is 451. The van der Waals surface area contributed by atoms with Crippen LogP contribution in [0.1, 0.15) is 38.2 Å². The molecule has 1 atom stereocenters. The van der Waals surface area contributed by atoms with Gasteiger partial charge in [0.15, 0.2) is 5.78 Å². The summed E-state index contributed by atoms with van der Waals surface area (Å²) in [4.78, 5) is 14.4. The highest BCUT2D eigenvalue weighted by atomic mass is 19.1. The van der Waals surface area contributed by atoms with E-state index in [1.54, 1.807) is 24.3 Å². The molecule has 2 nitrogen and oxygen atoms in total. The van der Waals surface area contributed by atoms with E-state index in [0.29, 0.717) is 0 Å². The SMILES string of the molecule is CCCCCC(CN(C)C)C(=O)/C=C/c1ccc(F)cc1. The van der Waals surface area contributed by atoms with E-state index >= 15 is 0 Å². The van der Waals surface area contributed by atoms with Crippen LogP contribution in [0, 0.1) is 11.7 Å². The van der Waals surface area contributed by atoms with Gasteiger partial charge in [0.2, 0.25) is 0 Å². The van der Waals surface area contributed by atoms with Gasteiger partial charge in [-0.15, -0.1) is 0 Å². The fourth-order valence-corrected chi connectivity index (χ4v) is 2.29. The Morgan fingerprint density at radius 1 is 1.24 bits per heavy atom. The summed E-state index contributed by atoms with van der Waals surface area (Å²) in [6.07, 6.45) is 7.74. The van der Waals surface area contributed by atoms with Crippen molar-refractivity contribution >= 4 is 11.9 Å². The molecule has 116 valence electrons. The minimum absolute atomic E-state index is 0.0447. The first-order valence-electron chi connectivity index (χ1n) is 7.65. The normalized spacial score (nSPS) is 13.0. The van der Waals surface area contributed by atoms with E-state index in [1.807, 2.05) is 14.1 Å². The number of nitrogens with zero attached hydrogens (tertiary/aromatic N) is 1. The molecule has 0 heterocycles. The third-order valence-electron chi connectivity index (χ3n) is 3.45. The van der Waals surface area contributed by atoms with Gasteiger partial charge in [-0.2, -0.15) is 0 Å². The number of hydrogen-bond acceptors (Lipinski definition) is 2. The molecule has 21 heavy (non-hydrogen) atoms. The van der Waals surface area contributed by atoms with Gasteiger partial charge < -0.3 is 4.90 Å². The molecule has 0 radical (unpaired) electrons. The standard InChI is InChI=1S/C18H26FNO/c1-4-5-6-7-16(14-20(2)3)18(21)13-10-15-8-11-17(19)12-9-15/h8-13,16H,4-7,14H2,1-3H3/b13-10+. The van der Waals surface area contributed by atoms with Gasteiger partial charge in [-0.1, -0.05) is 44.4 Å². The second kappa shape index (κ2) is 9.46. The number of carbonyl (C=O) groups excluding carboxylic acids is 1. The summed E-state index contributed by atoms with van der Waals surface area (Å²) in [6, 6.07) is 6.17. The van der Waals surface area contributed by atoms with E-state index in [1.165, 1.54) is 18.6 Å².